The number of hydrogen-bond acceptors (Lipinski definition) is 9. The molecule has 0 fully saturated rings. The van der Waals surface area contributed by atoms with E-state index in [4.69, 9.17) is 29.2 Å². The Labute approximate surface area is 184 Å². The van der Waals surface area contributed by atoms with Gasteiger partial charge >= 0.3 is 0 Å². The van der Waals surface area contributed by atoms with Crippen LogP contribution in [0.1, 0.15) is 6.42 Å². The average Bonchev–Trinajstić information content (AvgIpc) is 3.27. The molecule has 4 N–H and O–H groups in total. The van der Waals surface area contributed by atoms with E-state index in [0.717, 1.165) is 5.56 Å². The van der Waals surface area contributed by atoms with Gasteiger partial charge in [0.05, 0.1) is 46.7 Å². The molecule has 1 atom stereocenters. The van der Waals surface area contributed by atoms with E-state index in [9.17, 15) is 9.90 Å². The van der Waals surface area contributed by atoms with Gasteiger partial charge in [-0.25, -0.2) is 0 Å². The third-order valence-electron chi connectivity index (χ3n) is 4.68. The van der Waals surface area contributed by atoms with Gasteiger partial charge in [0, 0.05) is 11.1 Å². The van der Waals surface area contributed by atoms with Crippen molar-refractivity contribution < 1.29 is 33.4 Å². The summed E-state index contributed by atoms with van der Waals surface area (Å²) < 4.78 is 27.1. The van der Waals surface area contributed by atoms with Crippen LogP contribution in [0.25, 0.3) is 22.5 Å². The van der Waals surface area contributed by atoms with Crippen molar-refractivity contribution in [1.82, 2.24) is 5.16 Å². The average molecular weight is 443 g/mol. The van der Waals surface area contributed by atoms with Gasteiger partial charge < -0.3 is 39.6 Å². The summed E-state index contributed by atoms with van der Waals surface area (Å²) in [5.41, 5.74) is 7.71. The zero-order chi connectivity index (χ0) is 23.3. The molecule has 170 valence electrons. The number of rotatable bonds is 9. The Kier molecular flexibility index (Phi) is 7.18. The van der Waals surface area contributed by atoms with E-state index < -0.39 is 12.1 Å². The first-order chi connectivity index (χ1) is 15.4. The molecule has 0 saturated heterocycles. The van der Waals surface area contributed by atoms with Crippen LogP contribution in [-0.2, 0) is 4.79 Å². The third kappa shape index (κ3) is 4.76. The van der Waals surface area contributed by atoms with Crippen molar-refractivity contribution in [2.75, 3.05) is 33.8 Å². The molecule has 3 rings (SSSR count). The van der Waals surface area contributed by atoms with E-state index in [2.05, 4.69) is 10.5 Å². The Morgan fingerprint density at radius 1 is 1.03 bits per heavy atom. The van der Waals surface area contributed by atoms with Crippen LogP contribution in [0.2, 0.25) is 0 Å². The number of nitrogens with two attached hydrogens (primary N) is 1. The quantitative estimate of drug-likeness (QED) is 0.426. The van der Waals surface area contributed by atoms with Crippen LogP contribution in [0, 0.1) is 0 Å². The van der Waals surface area contributed by atoms with Crippen LogP contribution in [0.5, 0.6) is 23.0 Å². The first-order valence-corrected chi connectivity index (χ1v) is 9.58. The summed E-state index contributed by atoms with van der Waals surface area (Å²) >= 11 is 0. The van der Waals surface area contributed by atoms with Gasteiger partial charge in [-0.15, -0.1) is 0 Å². The largest absolute Gasteiger partial charge is 0.495 e. The fourth-order valence-electron chi connectivity index (χ4n) is 3.23. The lowest BCUT2D eigenvalue weighted by Crippen LogP contribution is -2.26. The fourth-order valence-corrected chi connectivity index (χ4v) is 3.23. The zero-order valence-corrected chi connectivity index (χ0v) is 18.2. The number of carbonyl (C=O) groups excluding carboxylic acids is 1. The number of anilines is 1. The van der Waals surface area contributed by atoms with E-state index in [1.54, 1.807) is 36.5 Å². The lowest BCUT2D eigenvalue weighted by Gasteiger charge is -2.14. The van der Waals surface area contributed by atoms with E-state index >= 15 is 0 Å². The molecule has 10 nitrogen and oxygen atoms in total. The number of aliphatic hydroxyl groups is 1. The minimum Gasteiger partial charge on any atom is -0.495 e. The van der Waals surface area contributed by atoms with Crippen LogP contribution in [0.4, 0.5) is 5.69 Å². The summed E-state index contributed by atoms with van der Waals surface area (Å²) in [5.74, 6) is 1.86. The van der Waals surface area contributed by atoms with Crippen LogP contribution >= 0.6 is 0 Å². The molecule has 0 aliphatic heterocycles. The van der Waals surface area contributed by atoms with Gasteiger partial charge in [-0.3, -0.25) is 4.79 Å². The molecule has 0 saturated carbocycles. The zero-order valence-electron chi connectivity index (χ0n) is 18.2. The van der Waals surface area contributed by atoms with Crippen LogP contribution < -0.4 is 30.0 Å². The number of aromatic nitrogens is 1. The van der Waals surface area contributed by atoms with Crippen molar-refractivity contribution in [3.05, 3.63) is 36.5 Å². The molecule has 1 amide bonds. The summed E-state index contributed by atoms with van der Waals surface area (Å²) in [6, 6.07) is 8.71. The smallest absolute Gasteiger partial charge is 0.228 e. The Bertz CT molecular complexity index is 1070. The van der Waals surface area contributed by atoms with E-state index in [-0.39, 0.29) is 6.42 Å². The Morgan fingerprint density at radius 2 is 1.69 bits per heavy atom. The van der Waals surface area contributed by atoms with E-state index in [0.29, 0.717) is 45.6 Å². The van der Waals surface area contributed by atoms with E-state index in [1.807, 2.05) is 0 Å². The van der Waals surface area contributed by atoms with Crippen molar-refractivity contribution in [3.8, 4) is 45.4 Å². The number of methoxy groups -OCH3 is 4. The standard InChI is InChI=1S/C22H25N3O7/c1-28-16-6-5-12(7-15(16)25-20(27)10-19(23)26)21-14(11-24-32-21)13-8-17(29-2)22(31-4)18(9-13)30-3/h5-9,11,19,26H,10,23H2,1-4H3,(H,25,27). The van der Waals surface area contributed by atoms with Crippen molar-refractivity contribution in [2.24, 2.45) is 5.73 Å². The second-order valence-electron chi connectivity index (χ2n) is 6.72. The molecule has 0 bridgehead atoms. The molecule has 0 radical (unpaired) electrons. The molecule has 10 heteroatoms. The summed E-state index contributed by atoms with van der Waals surface area (Å²) in [6.45, 7) is 0. The summed E-state index contributed by atoms with van der Waals surface area (Å²) in [7, 11) is 6.08. The highest BCUT2D eigenvalue weighted by molar-refractivity contribution is 5.94. The first-order valence-electron chi connectivity index (χ1n) is 9.58. The topological polar surface area (TPSA) is 138 Å². The molecule has 1 unspecified atom stereocenters. The number of ether oxygens (including phenoxy) is 4. The summed E-state index contributed by atoms with van der Waals surface area (Å²) in [4.78, 5) is 12.1. The highest BCUT2D eigenvalue weighted by Gasteiger charge is 2.20. The van der Waals surface area contributed by atoms with Crippen LogP contribution in [0.3, 0.4) is 0 Å². The monoisotopic (exact) mass is 443 g/mol. The van der Waals surface area contributed by atoms with Gasteiger partial charge in [-0.2, -0.15) is 0 Å². The van der Waals surface area contributed by atoms with Gasteiger partial charge in [-0.05, 0) is 35.9 Å². The lowest BCUT2D eigenvalue weighted by molar-refractivity contribution is -0.117. The number of hydrogen-bond donors (Lipinski definition) is 3. The van der Waals surface area contributed by atoms with Crippen molar-refractivity contribution in [1.29, 1.82) is 0 Å². The SMILES string of the molecule is COc1ccc(-c2oncc2-c2cc(OC)c(OC)c(OC)c2)cc1NC(=O)CC(N)O. The second kappa shape index (κ2) is 10.0. The summed E-state index contributed by atoms with van der Waals surface area (Å²) in [6.07, 6.45) is 0.0560. The highest BCUT2D eigenvalue weighted by atomic mass is 16.5. The molecule has 0 aliphatic carbocycles. The molecule has 0 spiro atoms. The molecule has 1 aromatic heterocycles. The molecule has 32 heavy (non-hydrogen) atoms. The van der Waals surface area contributed by atoms with Gasteiger partial charge in [0.25, 0.3) is 0 Å². The fraction of sp³-hybridized carbons (Fsp3) is 0.273. The maximum Gasteiger partial charge on any atom is 0.228 e. The van der Waals surface area contributed by atoms with Gasteiger partial charge in [0.15, 0.2) is 17.3 Å². The van der Waals surface area contributed by atoms with Crippen LogP contribution in [0.15, 0.2) is 41.1 Å². The van der Waals surface area contributed by atoms with Gasteiger partial charge in [0.2, 0.25) is 11.7 Å². The number of aliphatic hydroxyl groups excluding tert-OH is 1. The number of benzene rings is 2. The van der Waals surface area contributed by atoms with E-state index in [1.165, 1.54) is 28.4 Å². The lowest BCUT2D eigenvalue weighted by atomic mass is 10.0. The molecular formula is C22H25N3O7. The minimum atomic E-state index is -1.26. The minimum absolute atomic E-state index is 0.258. The Morgan fingerprint density at radius 3 is 2.25 bits per heavy atom. The number of amides is 1. The van der Waals surface area contributed by atoms with Crippen molar-refractivity contribution >= 4 is 11.6 Å². The predicted molar refractivity (Wildman–Crippen MR) is 117 cm³/mol. The van der Waals surface area contributed by atoms with Gasteiger partial charge in [0.1, 0.15) is 12.0 Å². The third-order valence-corrected chi connectivity index (χ3v) is 4.68. The predicted octanol–water partition coefficient (Wildman–Crippen LogP) is 2.65. The number of nitrogens with zero attached hydrogens (tertiary/aromatic N) is 1. The van der Waals surface area contributed by atoms with Crippen LogP contribution in [-0.4, -0.2) is 50.8 Å². The Hall–Kier alpha value is -3.76. The second-order valence-corrected chi connectivity index (χ2v) is 6.72. The Balaban J connectivity index is 2.05. The van der Waals surface area contributed by atoms with Crippen molar-refractivity contribution in [3.63, 3.8) is 0 Å². The van der Waals surface area contributed by atoms with Crippen molar-refractivity contribution in [2.45, 2.75) is 12.6 Å². The normalized spacial score (nSPS) is 11.6. The summed E-state index contributed by atoms with van der Waals surface area (Å²) in [5, 5.41) is 15.9. The maximum atomic E-state index is 12.1. The molecule has 2 aromatic carbocycles. The molecule has 1 heterocycles. The maximum absolute atomic E-state index is 12.1. The van der Waals surface area contributed by atoms with Gasteiger partial charge in [-0.1, -0.05) is 5.16 Å². The highest BCUT2D eigenvalue weighted by Crippen LogP contribution is 2.44. The molecule has 3 aromatic rings. The molecule has 0 aliphatic rings. The number of carbonyl (C=O) groups is 1. The molecular weight excluding hydrogens is 418 g/mol. The first kappa shape index (κ1) is 22.9. The number of nitrogens with one attached hydrogen (secondary N) is 1.